The molecule has 2 aromatic heterocycles. The van der Waals surface area contributed by atoms with Crippen LogP contribution in [0.5, 0.6) is 0 Å². The zero-order chi connectivity index (χ0) is 17.2. The largest absolute Gasteiger partial charge is 0.453 e. The molecule has 24 heavy (non-hydrogen) atoms. The predicted molar refractivity (Wildman–Crippen MR) is 76.1 cm³/mol. The van der Waals surface area contributed by atoms with Crippen LogP contribution in [0, 0.1) is 0 Å². The van der Waals surface area contributed by atoms with Crippen molar-refractivity contribution in [3.05, 3.63) is 60.2 Å². The number of hydrogen-bond donors (Lipinski definition) is 2. The summed E-state index contributed by atoms with van der Waals surface area (Å²) in [6.45, 7) is -0.189. The Hall–Kier alpha value is -3.17. The molecule has 0 radical (unpaired) electrons. The first-order chi connectivity index (χ1) is 11.4. The van der Waals surface area contributed by atoms with E-state index in [4.69, 9.17) is 0 Å². The molecule has 0 aliphatic heterocycles. The summed E-state index contributed by atoms with van der Waals surface area (Å²) in [7, 11) is 0. The van der Waals surface area contributed by atoms with Crippen molar-refractivity contribution in [2.24, 2.45) is 0 Å². The Kier molecular flexibility index (Phi) is 4.02. The average molecular weight is 336 g/mol. The second-order valence-corrected chi connectivity index (χ2v) is 4.80. The molecule has 7 nitrogen and oxygen atoms in total. The van der Waals surface area contributed by atoms with Crippen molar-refractivity contribution < 1.29 is 18.0 Å². The standard InChI is InChI=1S/C14H11F3N6O/c15-14(16,17)13-20-11(21-22-13)7-19-12(24)9-1-3-10(4-2-9)23-6-5-18-8-23/h1-6,8H,7H2,(H,19,24)(H,20,21,22). The molecular formula is C14H11F3N6O. The second-order valence-electron chi connectivity index (χ2n) is 4.80. The molecule has 0 fully saturated rings. The van der Waals surface area contributed by atoms with Gasteiger partial charge >= 0.3 is 6.18 Å². The molecule has 3 aromatic rings. The van der Waals surface area contributed by atoms with Crippen molar-refractivity contribution in [1.29, 1.82) is 0 Å². The minimum atomic E-state index is -4.62. The van der Waals surface area contributed by atoms with Crippen molar-refractivity contribution >= 4 is 5.91 Å². The van der Waals surface area contributed by atoms with Crippen molar-refractivity contribution in [2.45, 2.75) is 12.7 Å². The minimum absolute atomic E-state index is 0.0780. The van der Waals surface area contributed by atoms with E-state index in [9.17, 15) is 18.0 Å². The smallest absolute Gasteiger partial charge is 0.345 e. The summed E-state index contributed by atoms with van der Waals surface area (Å²) < 4.78 is 38.9. The van der Waals surface area contributed by atoms with Crippen LogP contribution in [0.1, 0.15) is 22.0 Å². The fourth-order valence-corrected chi connectivity index (χ4v) is 1.96. The number of nitrogens with one attached hydrogen (secondary N) is 2. The van der Waals surface area contributed by atoms with Crippen molar-refractivity contribution in [3.63, 3.8) is 0 Å². The molecular weight excluding hydrogens is 325 g/mol. The molecule has 2 heterocycles. The molecule has 0 bridgehead atoms. The first-order valence-corrected chi connectivity index (χ1v) is 6.78. The van der Waals surface area contributed by atoms with Crippen LogP contribution in [-0.4, -0.2) is 30.6 Å². The Labute approximate surface area is 133 Å². The van der Waals surface area contributed by atoms with Gasteiger partial charge in [0, 0.05) is 23.6 Å². The highest BCUT2D eigenvalue weighted by Crippen LogP contribution is 2.25. The van der Waals surface area contributed by atoms with E-state index < -0.39 is 17.9 Å². The molecule has 0 spiro atoms. The van der Waals surface area contributed by atoms with Crippen molar-refractivity contribution in [3.8, 4) is 5.69 Å². The van der Waals surface area contributed by atoms with E-state index >= 15 is 0 Å². The molecule has 0 saturated heterocycles. The number of carbonyl (C=O) groups excluding carboxylic acids is 1. The van der Waals surface area contributed by atoms with Gasteiger partial charge in [-0.15, -0.1) is 5.10 Å². The van der Waals surface area contributed by atoms with E-state index in [1.165, 1.54) is 0 Å². The summed E-state index contributed by atoms with van der Waals surface area (Å²) in [5, 5.41) is 7.67. The first kappa shape index (κ1) is 15.7. The highest BCUT2D eigenvalue weighted by Gasteiger charge is 2.35. The number of rotatable bonds is 4. The zero-order valence-electron chi connectivity index (χ0n) is 12.1. The Morgan fingerprint density at radius 1 is 1.25 bits per heavy atom. The third-order valence-electron chi connectivity index (χ3n) is 3.13. The van der Waals surface area contributed by atoms with Gasteiger partial charge in [0.25, 0.3) is 11.7 Å². The Bertz CT molecular complexity index is 823. The molecule has 0 saturated carbocycles. The van der Waals surface area contributed by atoms with E-state index in [1.54, 1.807) is 47.6 Å². The van der Waals surface area contributed by atoms with E-state index in [0.29, 0.717) is 5.56 Å². The van der Waals surface area contributed by atoms with Crippen LogP contribution in [0.2, 0.25) is 0 Å². The number of H-pyrrole nitrogens is 1. The van der Waals surface area contributed by atoms with Gasteiger partial charge < -0.3 is 9.88 Å². The molecule has 0 unspecified atom stereocenters. The maximum Gasteiger partial charge on any atom is 0.453 e. The summed E-state index contributed by atoms with van der Waals surface area (Å²) in [5.41, 5.74) is 1.20. The predicted octanol–water partition coefficient (Wildman–Crippen LogP) is 1.94. The van der Waals surface area contributed by atoms with E-state index in [2.05, 4.69) is 25.5 Å². The molecule has 1 aromatic carbocycles. The van der Waals surface area contributed by atoms with Crippen LogP contribution in [0.15, 0.2) is 43.0 Å². The van der Waals surface area contributed by atoms with Gasteiger partial charge in [0.05, 0.1) is 12.9 Å². The van der Waals surface area contributed by atoms with Gasteiger partial charge in [-0.2, -0.15) is 13.2 Å². The highest BCUT2D eigenvalue weighted by atomic mass is 19.4. The topological polar surface area (TPSA) is 88.5 Å². The van der Waals surface area contributed by atoms with Gasteiger partial charge in [-0.3, -0.25) is 9.89 Å². The maximum atomic E-state index is 12.4. The minimum Gasteiger partial charge on any atom is -0.345 e. The number of hydrogen-bond acceptors (Lipinski definition) is 4. The number of amides is 1. The zero-order valence-corrected chi connectivity index (χ0v) is 12.1. The highest BCUT2D eigenvalue weighted by molar-refractivity contribution is 5.94. The lowest BCUT2D eigenvalue weighted by Crippen LogP contribution is -2.23. The number of halogens is 3. The van der Waals surface area contributed by atoms with Crippen LogP contribution >= 0.6 is 0 Å². The van der Waals surface area contributed by atoms with Crippen molar-refractivity contribution in [2.75, 3.05) is 0 Å². The summed E-state index contributed by atoms with van der Waals surface area (Å²) in [4.78, 5) is 19.2. The summed E-state index contributed by atoms with van der Waals surface area (Å²) >= 11 is 0. The molecule has 0 aliphatic carbocycles. The second kappa shape index (κ2) is 6.14. The van der Waals surface area contributed by atoms with Crippen LogP contribution in [0.4, 0.5) is 13.2 Å². The molecule has 0 atom stereocenters. The Morgan fingerprint density at radius 3 is 2.58 bits per heavy atom. The molecule has 2 N–H and O–H groups in total. The Balaban J connectivity index is 1.62. The number of carbonyl (C=O) groups is 1. The molecule has 3 rings (SSSR count). The average Bonchev–Trinajstić information content (AvgIpc) is 3.23. The van der Waals surface area contributed by atoms with Crippen molar-refractivity contribution in [1.82, 2.24) is 30.0 Å². The molecule has 0 aliphatic rings. The quantitative estimate of drug-likeness (QED) is 0.762. The molecule has 124 valence electrons. The van der Waals surface area contributed by atoms with Crippen LogP contribution < -0.4 is 5.32 Å². The van der Waals surface area contributed by atoms with Gasteiger partial charge in [-0.1, -0.05) is 0 Å². The number of imidazole rings is 1. The van der Waals surface area contributed by atoms with Gasteiger partial charge in [0.1, 0.15) is 5.82 Å². The summed E-state index contributed by atoms with van der Waals surface area (Å²) in [5.74, 6) is -1.78. The fourth-order valence-electron chi connectivity index (χ4n) is 1.96. The van der Waals surface area contributed by atoms with E-state index in [-0.39, 0.29) is 12.4 Å². The normalized spacial score (nSPS) is 11.5. The third kappa shape index (κ3) is 3.42. The summed E-state index contributed by atoms with van der Waals surface area (Å²) in [6, 6.07) is 6.66. The van der Waals surface area contributed by atoms with Gasteiger partial charge in [0.15, 0.2) is 0 Å². The van der Waals surface area contributed by atoms with Gasteiger partial charge in [-0.05, 0) is 24.3 Å². The lowest BCUT2D eigenvalue weighted by atomic mass is 10.2. The third-order valence-corrected chi connectivity index (χ3v) is 3.13. The van der Waals surface area contributed by atoms with Crippen LogP contribution in [0.3, 0.4) is 0 Å². The molecule has 1 amide bonds. The number of benzene rings is 1. The number of aromatic amines is 1. The number of alkyl halides is 3. The van der Waals surface area contributed by atoms with E-state index in [1.807, 2.05) is 0 Å². The SMILES string of the molecule is O=C(NCc1nc(C(F)(F)F)n[nH]1)c1ccc(-n2ccnc2)cc1. The summed E-state index contributed by atoms with van der Waals surface area (Å²) in [6.07, 6.45) is 0.392. The maximum absolute atomic E-state index is 12.4. The Morgan fingerprint density at radius 2 is 2.00 bits per heavy atom. The number of aromatic nitrogens is 5. The van der Waals surface area contributed by atoms with Gasteiger partial charge in [0.2, 0.25) is 0 Å². The van der Waals surface area contributed by atoms with E-state index in [0.717, 1.165) is 5.69 Å². The first-order valence-electron chi connectivity index (χ1n) is 6.78. The fraction of sp³-hybridized carbons (Fsp3) is 0.143. The number of nitrogens with zero attached hydrogens (tertiary/aromatic N) is 4. The molecule has 10 heteroatoms. The van der Waals surface area contributed by atoms with Gasteiger partial charge in [-0.25, -0.2) is 9.97 Å². The lowest BCUT2D eigenvalue weighted by Gasteiger charge is -2.05. The monoisotopic (exact) mass is 336 g/mol. The lowest BCUT2D eigenvalue weighted by molar-refractivity contribution is -0.144. The van der Waals surface area contributed by atoms with Crippen LogP contribution in [-0.2, 0) is 12.7 Å². The van der Waals surface area contributed by atoms with Crippen LogP contribution in [0.25, 0.3) is 5.69 Å².